The molecule has 1 aromatic heterocycles. The van der Waals surface area contributed by atoms with Gasteiger partial charge in [0.25, 0.3) is 17.5 Å². The molecule has 0 unspecified atom stereocenters. The Morgan fingerprint density at radius 1 is 0.967 bits per heavy atom. The second kappa shape index (κ2) is 7.47. The molecule has 3 aromatic rings. The molecule has 0 bridgehead atoms. The van der Waals surface area contributed by atoms with Crippen molar-refractivity contribution in [3.05, 3.63) is 88.2 Å². The predicted molar refractivity (Wildman–Crippen MR) is 106 cm³/mol. The van der Waals surface area contributed by atoms with Gasteiger partial charge in [-0.25, -0.2) is 9.69 Å². The summed E-state index contributed by atoms with van der Waals surface area (Å²) < 4.78 is 5.64. The first kappa shape index (κ1) is 18.8. The minimum Gasteiger partial charge on any atom is -0.457 e. The summed E-state index contributed by atoms with van der Waals surface area (Å²) >= 11 is 0. The Morgan fingerprint density at radius 2 is 1.73 bits per heavy atom. The summed E-state index contributed by atoms with van der Waals surface area (Å²) in [7, 11) is 0. The Hall–Kier alpha value is -4.53. The van der Waals surface area contributed by atoms with Crippen LogP contribution in [0.1, 0.15) is 5.76 Å². The number of barbiturate groups is 1. The Bertz CT molecular complexity index is 1210. The standard InChI is InChI=1S/C21H13N3O6/c25-19-17(20(26)23(21(27)22-19)14-6-2-1-3-7-14)12-16-9-10-18(30-16)13-5-4-8-15(11-13)24(28)29/h1-12H,(H,22,25,27)/b17-12-. The van der Waals surface area contributed by atoms with E-state index in [9.17, 15) is 24.5 Å². The molecule has 0 aliphatic carbocycles. The van der Waals surface area contributed by atoms with Gasteiger partial charge in [-0.1, -0.05) is 30.3 Å². The number of hydrogen-bond donors (Lipinski definition) is 1. The Morgan fingerprint density at radius 3 is 2.47 bits per heavy atom. The Kier molecular flexibility index (Phi) is 4.69. The minimum absolute atomic E-state index is 0.0948. The summed E-state index contributed by atoms with van der Waals surface area (Å²) in [6, 6.07) is 16.3. The molecule has 9 nitrogen and oxygen atoms in total. The monoisotopic (exact) mass is 403 g/mol. The van der Waals surface area contributed by atoms with Crippen LogP contribution in [0.15, 0.2) is 76.7 Å². The highest BCUT2D eigenvalue weighted by molar-refractivity contribution is 6.39. The maximum atomic E-state index is 12.8. The van der Waals surface area contributed by atoms with E-state index in [1.165, 1.54) is 30.3 Å². The van der Waals surface area contributed by atoms with Crippen LogP contribution in [0.2, 0.25) is 0 Å². The van der Waals surface area contributed by atoms with Crippen molar-refractivity contribution in [2.24, 2.45) is 0 Å². The predicted octanol–water partition coefficient (Wildman–Crippen LogP) is 3.52. The van der Waals surface area contributed by atoms with Gasteiger partial charge in [-0.3, -0.25) is 25.0 Å². The van der Waals surface area contributed by atoms with Crippen molar-refractivity contribution >= 4 is 35.3 Å². The van der Waals surface area contributed by atoms with Crippen LogP contribution in [0, 0.1) is 10.1 Å². The summed E-state index contributed by atoms with van der Waals surface area (Å²) in [6.45, 7) is 0. The first-order valence-corrected chi connectivity index (χ1v) is 8.75. The minimum atomic E-state index is -0.843. The number of anilines is 1. The number of hydrogen-bond acceptors (Lipinski definition) is 6. The maximum absolute atomic E-state index is 12.8. The largest absolute Gasteiger partial charge is 0.457 e. The highest BCUT2D eigenvalue weighted by Gasteiger charge is 2.36. The third-order valence-electron chi connectivity index (χ3n) is 4.37. The molecule has 4 rings (SSSR count). The van der Waals surface area contributed by atoms with Crippen LogP contribution in [-0.4, -0.2) is 22.8 Å². The summed E-state index contributed by atoms with van der Waals surface area (Å²) in [6.07, 6.45) is 1.22. The van der Waals surface area contributed by atoms with E-state index in [1.54, 1.807) is 42.5 Å². The molecule has 1 fully saturated rings. The van der Waals surface area contributed by atoms with Gasteiger partial charge >= 0.3 is 6.03 Å². The fraction of sp³-hybridized carbons (Fsp3) is 0. The zero-order valence-corrected chi connectivity index (χ0v) is 15.3. The molecule has 0 saturated carbocycles. The molecule has 1 N–H and O–H groups in total. The lowest BCUT2D eigenvalue weighted by Gasteiger charge is -2.26. The molecule has 0 radical (unpaired) electrons. The number of furan rings is 1. The SMILES string of the molecule is O=C1NC(=O)N(c2ccccc2)C(=O)/C1=C\c1ccc(-c2cccc([N+](=O)[O-])c2)o1. The lowest BCUT2D eigenvalue weighted by molar-refractivity contribution is -0.384. The van der Waals surface area contributed by atoms with Crippen LogP contribution in [0.5, 0.6) is 0 Å². The Balaban J connectivity index is 1.67. The van der Waals surface area contributed by atoms with Crippen molar-refractivity contribution in [1.29, 1.82) is 0 Å². The molecule has 148 valence electrons. The van der Waals surface area contributed by atoms with E-state index in [4.69, 9.17) is 4.42 Å². The number of nitro groups is 1. The van der Waals surface area contributed by atoms with Crippen molar-refractivity contribution < 1.29 is 23.7 Å². The van der Waals surface area contributed by atoms with Gasteiger partial charge in [-0.05, 0) is 30.3 Å². The zero-order chi connectivity index (χ0) is 21.3. The number of nitrogens with one attached hydrogen (secondary N) is 1. The fourth-order valence-electron chi connectivity index (χ4n) is 2.97. The molecule has 2 heterocycles. The van der Waals surface area contributed by atoms with Crippen LogP contribution in [0.4, 0.5) is 16.2 Å². The topological polar surface area (TPSA) is 123 Å². The van der Waals surface area contributed by atoms with E-state index in [0.29, 0.717) is 17.0 Å². The number of para-hydroxylation sites is 1. The zero-order valence-electron chi connectivity index (χ0n) is 15.3. The average Bonchev–Trinajstić information content (AvgIpc) is 3.21. The van der Waals surface area contributed by atoms with Crippen LogP contribution in [0.3, 0.4) is 0 Å². The van der Waals surface area contributed by atoms with E-state index in [1.807, 2.05) is 0 Å². The number of rotatable bonds is 4. The lowest BCUT2D eigenvalue weighted by atomic mass is 10.1. The number of carbonyl (C=O) groups excluding carboxylic acids is 3. The normalized spacial score (nSPS) is 15.4. The van der Waals surface area contributed by atoms with Gasteiger partial charge in [-0.15, -0.1) is 0 Å². The maximum Gasteiger partial charge on any atom is 0.335 e. The van der Waals surface area contributed by atoms with Crippen molar-refractivity contribution in [3.8, 4) is 11.3 Å². The number of non-ortho nitro benzene ring substituents is 1. The molecule has 2 aromatic carbocycles. The summed E-state index contributed by atoms with van der Waals surface area (Å²) in [5.41, 5.74) is 0.408. The molecular formula is C21H13N3O6. The van der Waals surface area contributed by atoms with Crippen molar-refractivity contribution in [2.45, 2.75) is 0 Å². The highest BCUT2D eigenvalue weighted by atomic mass is 16.6. The van der Waals surface area contributed by atoms with Gasteiger partial charge in [-0.2, -0.15) is 0 Å². The molecule has 1 aliphatic heterocycles. The summed E-state index contributed by atoms with van der Waals surface area (Å²) in [5.74, 6) is -1.13. The quantitative estimate of drug-likeness (QED) is 0.308. The molecule has 1 aliphatic rings. The van der Waals surface area contributed by atoms with Crippen molar-refractivity contribution in [3.63, 3.8) is 0 Å². The number of benzene rings is 2. The molecule has 9 heteroatoms. The smallest absolute Gasteiger partial charge is 0.335 e. The van der Waals surface area contributed by atoms with Gasteiger partial charge in [0, 0.05) is 17.7 Å². The molecule has 0 atom stereocenters. The number of imide groups is 2. The molecular weight excluding hydrogens is 390 g/mol. The van der Waals surface area contributed by atoms with Gasteiger partial charge in [0.05, 0.1) is 10.6 Å². The summed E-state index contributed by atoms with van der Waals surface area (Å²) in [4.78, 5) is 48.5. The number of urea groups is 1. The lowest BCUT2D eigenvalue weighted by Crippen LogP contribution is -2.54. The van der Waals surface area contributed by atoms with Crippen molar-refractivity contribution in [2.75, 3.05) is 4.90 Å². The number of carbonyl (C=O) groups is 3. The van der Waals surface area contributed by atoms with Crippen LogP contribution < -0.4 is 10.2 Å². The van der Waals surface area contributed by atoms with Crippen LogP contribution >= 0.6 is 0 Å². The van der Waals surface area contributed by atoms with Gasteiger partial charge in [0.15, 0.2) is 0 Å². The third-order valence-corrected chi connectivity index (χ3v) is 4.37. The fourth-order valence-corrected chi connectivity index (χ4v) is 2.97. The second-order valence-electron chi connectivity index (χ2n) is 6.30. The van der Waals surface area contributed by atoms with E-state index in [0.717, 1.165) is 4.90 Å². The van der Waals surface area contributed by atoms with Gasteiger partial charge in [0.1, 0.15) is 17.1 Å². The van der Waals surface area contributed by atoms with Gasteiger partial charge in [0.2, 0.25) is 0 Å². The molecule has 4 amide bonds. The molecule has 1 saturated heterocycles. The Labute approximate surface area is 169 Å². The van der Waals surface area contributed by atoms with Crippen molar-refractivity contribution in [1.82, 2.24) is 5.32 Å². The number of amides is 4. The van der Waals surface area contributed by atoms with Crippen LogP contribution in [0.25, 0.3) is 17.4 Å². The van der Waals surface area contributed by atoms with E-state index in [2.05, 4.69) is 5.32 Å². The van der Waals surface area contributed by atoms with Gasteiger partial charge < -0.3 is 4.42 Å². The highest BCUT2D eigenvalue weighted by Crippen LogP contribution is 2.27. The van der Waals surface area contributed by atoms with Crippen LogP contribution in [-0.2, 0) is 9.59 Å². The van der Waals surface area contributed by atoms with E-state index < -0.39 is 22.8 Å². The van der Waals surface area contributed by atoms with E-state index in [-0.39, 0.29) is 17.0 Å². The first-order valence-electron chi connectivity index (χ1n) is 8.75. The second-order valence-corrected chi connectivity index (χ2v) is 6.30. The average molecular weight is 403 g/mol. The first-order chi connectivity index (χ1) is 14.4. The summed E-state index contributed by atoms with van der Waals surface area (Å²) in [5, 5.41) is 13.1. The third kappa shape index (κ3) is 3.47. The molecule has 0 spiro atoms. The number of nitrogens with zero attached hydrogens (tertiary/aromatic N) is 2. The number of nitro benzene ring substituents is 1. The van der Waals surface area contributed by atoms with E-state index >= 15 is 0 Å². The molecule has 30 heavy (non-hydrogen) atoms.